The molecule has 0 aromatic rings. The number of carbonyl (C=O) groups is 1. The molecule has 28 heavy (non-hydrogen) atoms. The summed E-state index contributed by atoms with van der Waals surface area (Å²) in [6.07, 6.45) is 19.6. The Morgan fingerprint density at radius 1 is 0.857 bits per heavy atom. The van der Waals surface area contributed by atoms with E-state index in [0.717, 1.165) is 32.1 Å². The van der Waals surface area contributed by atoms with Crippen LogP contribution < -0.4 is 0 Å². The Labute approximate surface area is 194 Å². The van der Waals surface area contributed by atoms with Crippen LogP contribution in [0, 0.1) is 0 Å². The van der Waals surface area contributed by atoms with E-state index in [0.29, 0.717) is 6.42 Å². The Morgan fingerprint density at radius 2 is 1.36 bits per heavy atom. The molecule has 0 aliphatic heterocycles. The number of hydrogen-bond acceptors (Lipinski definition) is 6. The van der Waals surface area contributed by atoms with Gasteiger partial charge in [0.2, 0.25) is 0 Å². The van der Waals surface area contributed by atoms with E-state index in [4.69, 9.17) is 5.11 Å². The summed E-state index contributed by atoms with van der Waals surface area (Å²) in [4.78, 5) is 11.4. The average Bonchev–Trinajstić information content (AvgIpc) is 2.63. The molecular weight excluding hydrogens is 391 g/mol. The van der Waals surface area contributed by atoms with E-state index in [9.17, 15) is 13.2 Å². The van der Waals surface area contributed by atoms with Gasteiger partial charge in [-0.15, -0.1) is 0 Å². The second-order valence-corrected chi connectivity index (χ2v) is 7.96. The van der Waals surface area contributed by atoms with Crippen LogP contribution in [0.25, 0.3) is 0 Å². The number of aliphatic hydroxyl groups is 1. The molecule has 0 fully saturated rings. The Hall–Kier alpha value is 0.0800. The number of carbonyl (C=O) groups excluding carboxylic acids is 1. The monoisotopic (exact) mass is 430 g/mol. The van der Waals surface area contributed by atoms with Gasteiger partial charge < -0.3 is 9.29 Å². The number of allylic oxidation sites excluding steroid dienone is 2. The van der Waals surface area contributed by atoms with Gasteiger partial charge >= 0.3 is 45.9 Å². The maximum atomic E-state index is 11.4. The summed E-state index contributed by atoms with van der Waals surface area (Å²) >= 11 is 0. The first-order valence-electron chi connectivity index (χ1n) is 10.4. The van der Waals surface area contributed by atoms with Gasteiger partial charge in [0, 0.05) is 6.42 Å². The topological polar surface area (TPSA) is 89.9 Å². The van der Waals surface area contributed by atoms with Crippen molar-refractivity contribution in [3.63, 3.8) is 0 Å². The van der Waals surface area contributed by atoms with E-state index in [1.165, 1.54) is 44.9 Å². The van der Waals surface area contributed by atoms with E-state index in [-0.39, 0.29) is 36.0 Å². The molecule has 8 heteroatoms. The van der Waals surface area contributed by atoms with Crippen molar-refractivity contribution in [1.82, 2.24) is 0 Å². The molecule has 0 atom stereocenters. The number of rotatable bonds is 19. The Morgan fingerprint density at radius 3 is 1.89 bits per heavy atom. The van der Waals surface area contributed by atoms with Crippen LogP contribution in [0.3, 0.4) is 0 Å². The van der Waals surface area contributed by atoms with Crippen molar-refractivity contribution in [2.75, 3.05) is 13.2 Å². The molecule has 0 saturated carbocycles. The first kappa shape index (κ1) is 30.3. The number of unbranched alkanes of at least 4 members (excludes halogenated alkanes) is 11. The fraction of sp³-hybridized carbons (Fsp3) is 0.850. The Bertz CT molecular complexity index is 479. The van der Waals surface area contributed by atoms with Gasteiger partial charge in [0.05, 0.1) is 13.2 Å². The molecule has 0 rings (SSSR count). The minimum absolute atomic E-state index is 0. The van der Waals surface area contributed by atoms with E-state index < -0.39 is 29.6 Å². The molecule has 0 aromatic carbocycles. The van der Waals surface area contributed by atoms with Crippen molar-refractivity contribution in [3.8, 4) is 0 Å². The maximum absolute atomic E-state index is 11.4. The summed E-state index contributed by atoms with van der Waals surface area (Å²) in [6.45, 7) is 1.37. The van der Waals surface area contributed by atoms with Crippen LogP contribution in [0.15, 0.2) is 12.2 Å². The summed E-state index contributed by atoms with van der Waals surface area (Å²) in [7, 11) is -4.33. The van der Waals surface area contributed by atoms with Crippen molar-refractivity contribution in [3.05, 3.63) is 12.2 Å². The Balaban J connectivity index is 0. The van der Waals surface area contributed by atoms with Crippen LogP contribution in [0.5, 0.6) is 0 Å². The molecule has 0 aliphatic rings. The molecule has 0 aliphatic carbocycles. The first-order chi connectivity index (χ1) is 13.0. The van der Waals surface area contributed by atoms with Crippen LogP contribution in [0.1, 0.15) is 96.8 Å². The van der Waals surface area contributed by atoms with Crippen molar-refractivity contribution in [2.24, 2.45) is 0 Å². The third kappa shape index (κ3) is 22.4. The van der Waals surface area contributed by atoms with E-state index >= 15 is 0 Å². The summed E-state index contributed by atoms with van der Waals surface area (Å²) in [5, 5.41) is 8.48. The van der Waals surface area contributed by atoms with E-state index in [1.807, 2.05) is 0 Å². The van der Waals surface area contributed by atoms with Gasteiger partial charge in [0.15, 0.2) is 0 Å². The Kier molecular flexibility index (Phi) is 23.6. The molecular formula is C20H39NaO6S. The van der Waals surface area contributed by atoms with E-state index in [2.05, 4.69) is 27.4 Å². The van der Waals surface area contributed by atoms with Gasteiger partial charge in [-0.05, 0) is 32.1 Å². The molecule has 6 nitrogen and oxygen atoms in total. The summed E-state index contributed by atoms with van der Waals surface area (Å²) in [6, 6.07) is 0. The van der Waals surface area contributed by atoms with Crippen molar-refractivity contribution >= 4 is 45.9 Å². The summed E-state index contributed by atoms with van der Waals surface area (Å²) in [5.41, 5.74) is 0. The van der Waals surface area contributed by atoms with Crippen LogP contribution in [0.2, 0.25) is 0 Å². The standard InChI is InChI=1S/C20H38O6S.Na.H/c1-2-3-4-5-6-7-8-9-10-11-12-13-14-15-16-17-20(22)26-27(23,24)25-19-18-21;;/h9-10,21H,2-8,11-19H2,1H3;;/b10-9-;;. The molecule has 0 amide bonds. The zero-order chi connectivity index (χ0) is 20.2. The molecule has 0 aromatic heterocycles. The molecule has 0 spiro atoms. The number of aliphatic hydroxyl groups excluding tert-OH is 1. The van der Waals surface area contributed by atoms with Gasteiger partial charge in [0.1, 0.15) is 0 Å². The van der Waals surface area contributed by atoms with Gasteiger partial charge in [0.25, 0.3) is 0 Å². The van der Waals surface area contributed by atoms with Gasteiger partial charge in [-0.3, -0.25) is 4.79 Å². The second-order valence-electron chi connectivity index (χ2n) is 6.74. The molecule has 0 radical (unpaired) electrons. The van der Waals surface area contributed by atoms with Gasteiger partial charge in [-0.2, -0.15) is 8.42 Å². The minimum atomic E-state index is -4.33. The molecule has 162 valence electrons. The molecule has 0 unspecified atom stereocenters. The molecule has 0 heterocycles. The van der Waals surface area contributed by atoms with Crippen molar-refractivity contribution in [2.45, 2.75) is 96.8 Å². The zero-order valence-electron chi connectivity index (χ0n) is 16.9. The van der Waals surface area contributed by atoms with Crippen LogP contribution >= 0.6 is 0 Å². The third-order valence-electron chi connectivity index (χ3n) is 4.16. The second kappa shape index (κ2) is 21.8. The van der Waals surface area contributed by atoms with Crippen LogP contribution in [-0.4, -0.2) is 62.3 Å². The fourth-order valence-corrected chi connectivity index (χ4v) is 3.30. The van der Waals surface area contributed by atoms with Crippen molar-refractivity contribution < 1.29 is 26.7 Å². The SMILES string of the molecule is CCCCCCCC/C=C\CCCCCCCC(=O)OS(=O)(=O)OCCO.[NaH]. The summed E-state index contributed by atoms with van der Waals surface area (Å²) < 4.78 is 30.9. The summed E-state index contributed by atoms with van der Waals surface area (Å²) in [5.74, 6) is -0.814. The third-order valence-corrected chi connectivity index (χ3v) is 5.00. The molecule has 0 saturated heterocycles. The fourth-order valence-electron chi connectivity index (χ4n) is 2.66. The zero-order valence-corrected chi connectivity index (χ0v) is 17.7. The van der Waals surface area contributed by atoms with Crippen molar-refractivity contribution in [1.29, 1.82) is 0 Å². The predicted molar refractivity (Wildman–Crippen MR) is 115 cm³/mol. The quantitative estimate of drug-likeness (QED) is 0.188. The molecule has 1 N–H and O–H groups in total. The molecule has 0 bridgehead atoms. The predicted octanol–water partition coefficient (Wildman–Crippen LogP) is 4.17. The normalized spacial score (nSPS) is 11.5. The van der Waals surface area contributed by atoms with Crippen LogP contribution in [0.4, 0.5) is 0 Å². The number of hydrogen-bond donors (Lipinski definition) is 1. The first-order valence-corrected chi connectivity index (χ1v) is 11.7. The van der Waals surface area contributed by atoms with Gasteiger partial charge in [-0.25, -0.2) is 4.18 Å². The van der Waals surface area contributed by atoms with Crippen LogP contribution in [-0.2, 0) is 23.6 Å². The van der Waals surface area contributed by atoms with Gasteiger partial charge in [-0.1, -0.05) is 70.4 Å². The average molecular weight is 431 g/mol. The van der Waals surface area contributed by atoms with E-state index in [1.54, 1.807) is 0 Å².